The highest BCUT2D eigenvalue weighted by Crippen LogP contribution is 2.45. The molecule has 4 rings (SSSR count). The third-order valence-corrected chi connectivity index (χ3v) is 6.20. The second kappa shape index (κ2) is 7.01. The predicted molar refractivity (Wildman–Crippen MR) is 101 cm³/mol. The van der Waals surface area contributed by atoms with Gasteiger partial charge in [0.25, 0.3) is 0 Å². The highest BCUT2D eigenvalue weighted by atomic mass is 35.5. The fourth-order valence-electron chi connectivity index (χ4n) is 4.12. The molecule has 136 valence electrons. The summed E-state index contributed by atoms with van der Waals surface area (Å²) in [5, 5.41) is 13.7. The number of benzene rings is 1. The van der Waals surface area contributed by atoms with Gasteiger partial charge in [0.15, 0.2) is 0 Å². The zero-order chi connectivity index (χ0) is 18.1. The number of nitrogens with zero attached hydrogens (tertiary/aromatic N) is 1. The molecule has 1 unspecified atom stereocenters. The number of hydrogen-bond donors (Lipinski definition) is 2. The Kier molecular flexibility index (Phi) is 4.72. The molecule has 2 aliphatic carbocycles. The van der Waals surface area contributed by atoms with Crippen LogP contribution in [0.15, 0.2) is 48.7 Å². The Morgan fingerprint density at radius 3 is 2.46 bits per heavy atom. The normalized spacial score (nSPS) is 24.8. The molecule has 2 saturated carbocycles. The van der Waals surface area contributed by atoms with Crippen molar-refractivity contribution in [3.63, 3.8) is 0 Å². The number of hydrogen-bond acceptors (Lipinski definition) is 3. The van der Waals surface area contributed by atoms with E-state index in [1.807, 2.05) is 42.5 Å². The average molecular weight is 371 g/mol. The van der Waals surface area contributed by atoms with Gasteiger partial charge in [-0.05, 0) is 61.4 Å². The summed E-state index contributed by atoms with van der Waals surface area (Å²) in [6.07, 6.45) is 5.64. The van der Waals surface area contributed by atoms with Gasteiger partial charge in [0.2, 0.25) is 5.91 Å². The standard InChI is InChI=1S/C21H23ClN2O2/c22-16-7-5-15(6-8-16)21(9-3-10-21)20(26)24-19(14-12-17(25)13-14)18-4-1-2-11-23-18/h1-2,4-8,11,14,17,19,25H,3,9-10,12-13H2,(H,24,26). The molecule has 26 heavy (non-hydrogen) atoms. The first kappa shape index (κ1) is 17.5. The summed E-state index contributed by atoms with van der Waals surface area (Å²) in [6, 6.07) is 13.2. The molecule has 0 saturated heterocycles. The van der Waals surface area contributed by atoms with E-state index in [0.29, 0.717) is 17.9 Å². The minimum Gasteiger partial charge on any atom is -0.393 e. The van der Waals surface area contributed by atoms with Gasteiger partial charge in [-0.1, -0.05) is 36.2 Å². The first-order chi connectivity index (χ1) is 12.6. The molecule has 2 aliphatic rings. The van der Waals surface area contributed by atoms with Gasteiger partial charge in [-0.25, -0.2) is 0 Å². The number of nitrogens with one attached hydrogen (secondary N) is 1. The SMILES string of the molecule is O=C(NC(c1ccccn1)C1CC(O)C1)C1(c2ccc(Cl)cc2)CCC1. The lowest BCUT2D eigenvalue weighted by atomic mass is 9.63. The molecule has 1 amide bonds. The molecule has 0 spiro atoms. The summed E-state index contributed by atoms with van der Waals surface area (Å²) in [7, 11) is 0. The Hall–Kier alpha value is -1.91. The van der Waals surface area contributed by atoms with Crippen LogP contribution in [0.3, 0.4) is 0 Å². The van der Waals surface area contributed by atoms with E-state index in [4.69, 9.17) is 11.6 Å². The molecule has 0 aliphatic heterocycles. The third-order valence-electron chi connectivity index (χ3n) is 5.95. The first-order valence-corrected chi connectivity index (χ1v) is 9.62. The Balaban J connectivity index is 1.58. The number of halogens is 1. The number of rotatable bonds is 5. The fraction of sp³-hybridized carbons (Fsp3) is 0.429. The predicted octanol–water partition coefficient (Wildman–Crippen LogP) is 3.79. The van der Waals surface area contributed by atoms with E-state index >= 15 is 0 Å². The Morgan fingerprint density at radius 2 is 1.92 bits per heavy atom. The summed E-state index contributed by atoms with van der Waals surface area (Å²) in [5.74, 6) is 0.286. The Morgan fingerprint density at radius 1 is 1.19 bits per heavy atom. The zero-order valence-electron chi connectivity index (χ0n) is 14.6. The smallest absolute Gasteiger partial charge is 0.231 e. The maximum Gasteiger partial charge on any atom is 0.231 e. The van der Waals surface area contributed by atoms with Crippen LogP contribution in [0.4, 0.5) is 0 Å². The first-order valence-electron chi connectivity index (χ1n) is 9.24. The van der Waals surface area contributed by atoms with Gasteiger partial charge in [0.05, 0.1) is 23.3 Å². The number of aliphatic hydroxyl groups excluding tert-OH is 1. The number of aliphatic hydroxyl groups is 1. The summed E-state index contributed by atoms with van der Waals surface area (Å²) < 4.78 is 0. The van der Waals surface area contributed by atoms with Gasteiger partial charge in [0, 0.05) is 11.2 Å². The van der Waals surface area contributed by atoms with E-state index in [0.717, 1.165) is 30.5 Å². The number of carbonyl (C=O) groups excluding carboxylic acids is 1. The van der Waals surface area contributed by atoms with Crippen molar-refractivity contribution in [1.29, 1.82) is 0 Å². The van der Waals surface area contributed by atoms with Crippen LogP contribution in [0.1, 0.15) is 49.4 Å². The Bertz CT molecular complexity index is 768. The van der Waals surface area contributed by atoms with E-state index in [1.165, 1.54) is 0 Å². The van der Waals surface area contributed by atoms with E-state index in [-0.39, 0.29) is 24.0 Å². The fourth-order valence-corrected chi connectivity index (χ4v) is 4.25. The van der Waals surface area contributed by atoms with E-state index < -0.39 is 5.41 Å². The molecule has 0 bridgehead atoms. The van der Waals surface area contributed by atoms with Crippen LogP contribution in [0.2, 0.25) is 5.02 Å². The monoisotopic (exact) mass is 370 g/mol. The van der Waals surface area contributed by atoms with Crippen LogP contribution in [0.5, 0.6) is 0 Å². The van der Waals surface area contributed by atoms with Crippen molar-refractivity contribution >= 4 is 17.5 Å². The van der Waals surface area contributed by atoms with Crippen molar-refractivity contribution in [2.24, 2.45) is 5.92 Å². The second-order valence-electron chi connectivity index (χ2n) is 7.53. The van der Waals surface area contributed by atoms with E-state index in [9.17, 15) is 9.90 Å². The minimum absolute atomic E-state index is 0.0584. The maximum atomic E-state index is 13.3. The minimum atomic E-state index is -0.472. The maximum absolute atomic E-state index is 13.3. The molecular weight excluding hydrogens is 348 g/mol. The van der Waals surface area contributed by atoms with Crippen LogP contribution in [-0.4, -0.2) is 22.1 Å². The van der Waals surface area contributed by atoms with Crippen LogP contribution in [0, 0.1) is 5.92 Å². The molecule has 4 nitrogen and oxygen atoms in total. The van der Waals surface area contributed by atoms with E-state index in [2.05, 4.69) is 10.3 Å². The molecule has 2 N–H and O–H groups in total. The van der Waals surface area contributed by atoms with E-state index in [1.54, 1.807) is 6.20 Å². The molecule has 1 aromatic heterocycles. The molecule has 1 atom stereocenters. The van der Waals surface area contributed by atoms with Crippen molar-refractivity contribution in [2.75, 3.05) is 0 Å². The lowest BCUT2D eigenvalue weighted by Gasteiger charge is -2.44. The highest BCUT2D eigenvalue weighted by molar-refractivity contribution is 6.30. The molecular formula is C21H23ClN2O2. The third kappa shape index (κ3) is 3.12. The zero-order valence-corrected chi connectivity index (χ0v) is 15.3. The van der Waals surface area contributed by atoms with Crippen molar-refractivity contribution in [1.82, 2.24) is 10.3 Å². The second-order valence-corrected chi connectivity index (χ2v) is 7.97. The van der Waals surface area contributed by atoms with Gasteiger partial charge < -0.3 is 10.4 Å². The lowest BCUT2D eigenvalue weighted by Crippen LogP contribution is -2.52. The van der Waals surface area contributed by atoms with Gasteiger partial charge in [0.1, 0.15) is 0 Å². The van der Waals surface area contributed by atoms with Crippen molar-refractivity contribution in [2.45, 2.75) is 49.7 Å². The van der Waals surface area contributed by atoms with Crippen molar-refractivity contribution in [3.05, 3.63) is 64.9 Å². The average Bonchev–Trinajstić information content (AvgIpc) is 2.59. The van der Waals surface area contributed by atoms with Gasteiger partial charge >= 0.3 is 0 Å². The number of pyridine rings is 1. The lowest BCUT2D eigenvalue weighted by molar-refractivity contribution is -0.132. The summed E-state index contributed by atoms with van der Waals surface area (Å²) in [6.45, 7) is 0. The largest absolute Gasteiger partial charge is 0.393 e. The topological polar surface area (TPSA) is 62.2 Å². The molecule has 0 radical (unpaired) electrons. The molecule has 1 heterocycles. The summed E-state index contributed by atoms with van der Waals surface area (Å²) in [5.41, 5.74) is 1.42. The molecule has 2 fully saturated rings. The highest BCUT2D eigenvalue weighted by Gasteiger charge is 2.47. The van der Waals surface area contributed by atoms with Crippen LogP contribution in [-0.2, 0) is 10.2 Å². The number of amides is 1. The van der Waals surface area contributed by atoms with Crippen molar-refractivity contribution < 1.29 is 9.90 Å². The van der Waals surface area contributed by atoms with Gasteiger partial charge in [-0.3, -0.25) is 9.78 Å². The summed E-state index contributed by atoms with van der Waals surface area (Å²) >= 11 is 6.02. The quantitative estimate of drug-likeness (QED) is 0.841. The number of carbonyl (C=O) groups is 1. The Labute approximate surface area is 158 Å². The molecule has 2 aromatic rings. The molecule has 1 aromatic carbocycles. The molecule has 5 heteroatoms. The van der Waals surface area contributed by atoms with Crippen molar-refractivity contribution in [3.8, 4) is 0 Å². The van der Waals surface area contributed by atoms with Crippen LogP contribution in [0.25, 0.3) is 0 Å². The van der Waals surface area contributed by atoms with Gasteiger partial charge in [-0.15, -0.1) is 0 Å². The van der Waals surface area contributed by atoms with Gasteiger partial charge in [-0.2, -0.15) is 0 Å². The number of aromatic nitrogens is 1. The summed E-state index contributed by atoms with van der Waals surface area (Å²) in [4.78, 5) is 17.8. The van der Waals surface area contributed by atoms with Crippen LogP contribution < -0.4 is 5.32 Å². The van der Waals surface area contributed by atoms with Crippen LogP contribution >= 0.6 is 11.6 Å².